The average molecular weight is 458 g/mol. The van der Waals surface area contributed by atoms with Crippen molar-refractivity contribution in [3.63, 3.8) is 0 Å². The number of nitrogens with one attached hydrogen (secondary N) is 1. The number of fused-ring (bicyclic) bond motifs is 3. The molecule has 3 N–H and O–H groups in total. The van der Waals surface area contributed by atoms with Gasteiger partial charge in [0, 0.05) is 30.6 Å². The molecular weight excluding hydrogens is 437 g/mol. The lowest BCUT2D eigenvalue weighted by Crippen LogP contribution is -2.24. The van der Waals surface area contributed by atoms with Crippen LogP contribution in [0, 0.1) is 0 Å². The van der Waals surface area contributed by atoms with E-state index in [-0.39, 0.29) is 17.3 Å². The Balaban J connectivity index is 1.62. The molecule has 0 amide bonds. The van der Waals surface area contributed by atoms with Crippen molar-refractivity contribution in [2.45, 2.75) is 31.6 Å². The van der Waals surface area contributed by atoms with E-state index < -0.39 is 17.8 Å². The van der Waals surface area contributed by atoms with Gasteiger partial charge in [-0.1, -0.05) is 0 Å². The highest BCUT2D eigenvalue weighted by atomic mass is 19.4. The largest absolute Gasteiger partial charge is 0.416 e. The molecular formula is C22H21F3N6O2. The van der Waals surface area contributed by atoms with Gasteiger partial charge in [0.1, 0.15) is 5.82 Å². The summed E-state index contributed by atoms with van der Waals surface area (Å²) in [7, 11) is 0. The van der Waals surface area contributed by atoms with Crippen molar-refractivity contribution < 1.29 is 17.9 Å². The van der Waals surface area contributed by atoms with Gasteiger partial charge in [-0.2, -0.15) is 18.3 Å². The van der Waals surface area contributed by atoms with Crippen LogP contribution >= 0.6 is 0 Å². The number of nitrogens with two attached hydrogens (primary N) is 1. The van der Waals surface area contributed by atoms with Gasteiger partial charge in [0.05, 0.1) is 41.4 Å². The van der Waals surface area contributed by atoms with Crippen LogP contribution in [-0.2, 0) is 10.9 Å². The summed E-state index contributed by atoms with van der Waals surface area (Å²) in [6, 6.07) is 6.01. The lowest BCUT2D eigenvalue weighted by molar-refractivity contribution is -0.137. The molecule has 1 saturated heterocycles. The average Bonchev–Trinajstić information content (AvgIpc) is 3.44. The van der Waals surface area contributed by atoms with Crippen LogP contribution < -0.4 is 16.6 Å². The van der Waals surface area contributed by atoms with Crippen molar-refractivity contribution in [1.82, 2.24) is 19.2 Å². The summed E-state index contributed by atoms with van der Waals surface area (Å²) in [6.45, 7) is 2.74. The van der Waals surface area contributed by atoms with Gasteiger partial charge < -0.3 is 20.4 Å². The Morgan fingerprint density at radius 3 is 2.82 bits per heavy atom. The van der Waals surface area contributed by atoms with Gasteiger partial charge in [-0.15, -0.1) is 0 Å². The second-order valence-electron chi connectivity index (χ2n) is 8.15. The molecule has 0 spiro atoms. The van der Waals surface area contributed by atoms with E-state index in [0.717, 1.165) is 12.1 Å². The SMILES string of the molecule is C[C@@H](Nc1nc2ccnn2c2cc(=O)n([C@H]3CCOC3)cc12)c1cc(N)cc(C(F)(F)F)c1. The molecule has 1 aliphatic heterocycles. The van der Waals surface area contributed by atoms with Crippen LogP contribution in [0.15, 0.2) is 47.5 Å². The Morgan fingerprint density at radius 1 is 1.27 bits per heavy atom. The van der Waals surface area contributed by atoms with Crippen molar-refractivity contribution in [3.05, 3.63) is 64.2 Å². The topological polar surface area (TPSA) is 99.5 Å². The second-order valence-corrected chi connectivity index (χ2v) is 8.15. The molecule has 0 unspecified atom stereocenters. The number of hydrogen-bond acceptors (Lipinski definition) is 6. The summed E-state index contributed by atoms with van der Waals surface area (Å²) in [6.07, 6.45) is -0.518. The predicted molar refractivity (Wildman–Crippen MR) is 117 cm³/mol. The number of ether oxygens (including phenoxy) is 1. The molecule has 1 aliphatic rings. The van der Waals surface area contributed by atoms with E-state index >= 15 is 0 Å². The Morgan fingerprint density at radius 2 is 2.09 bits per heavy atom. The van der Waals surface area contributed by atoms with Gasteiger partial charge in [0.25, 0.3) is 5.56 Å². The molecule has 3 aromatic heterocycles. The van der Waals surface area contributed by atoms with E-state index in [1.54, 1.807) is 34.5 Å². The molecule has 11 heteroatoms. The molecule has 172 valence electrons. The van der Waals surface area contributed by atoms with Crippen LogP contribution in [0.5, 0.6) is 0 Å². The van der Waals surface area contributed by atoms with Crippen LogP contribution in [0.4, 0.5) is 24.7 Å². The number of alkyl halides is 3. The Bertz CT molecular complexity index is 1410. The summed E-state index contributed by atoms with van der Waals surface area (Å²) in [4.78, 5) is 17.4. The number of hydrogen-bond donors (Lipinski definition) is 2. The lowest BCUT2D eigenvalue weighted by atomic mass is 10.0. The van der Waals surface area contributed by atoms with E-state index in [0.29, 0.717) is 47.6 Å². The van der Waals surface area contributed by atoms with Crippen molar-refractivity contribution in [2.24, 2.45) is 0 Å². The third-order valence-corrected chi connectivity index (χ3v) is 5.85. The first-order chi connectivity index (χ1) is 15.7. The normalized spacial score (nSPS) is 17.6. The first-order valence-electron chi connectivity index (χ1n) is 10.4. The number of rotatable bonds is 4. The number of halogens is 3. The fraction of sp³-hybridized carbons (Fsp3) is 0.318. The van der Waals surface area contributed by atoms with Crippen LogP contribution in [0.1, 0.15) is 36.6 Å². The number of nitrogens with zero attached hydrogens (tertiary/aromatic N) is 4. The number of aromatic nitrogens is 4. The summed E-state index contributed by atoms with van der Waals surface area (Å²) in [5.41, 5.74) is 6.17. The van der Waals surface area contributed by atoms with E-state index in [1.807, 2.05) is 0 Å². The van der Waals surface area contributed by atoms with Gasteiger partial charge in [0.2, 0.25) is 0 Å². The quantitative estimate of drug-likeness (QED) is 0.452. The highest BCUT2D eigenvalue weighted by Crippen LogP contribution is 2.34. The lowest BCUT2D eigenvalue weighted by Gasteiger charge is -2.20. The summed E-state index contributed by atoms with van der Waals surface area (Å²) in [5.74, 6) is 0.425. The minimum atomic E-state index is -4.51. The summed E-state index contributed by atoms with van der Waals surface area (Å²) in [5, 5.41) is 8.08. The molecule has 2 atom stereocenters. The maximum atomic E-state index is 13.3. The van der Waals surface area contributed by atoms with Crippen LogP contribution in [0.25, 0.3) is 16.6 Å². The Hall–Kier alpha value is -3.60. The molecule has 1 aromatic carbocycles. The number of nitrogen functional groups attached to an aromatic ring is 1. The summed E-state index contributed by atoms with van der Waals surface area (Å²) >= 11 is 0. The summed E-state index contributed by atoms with van der Waals surface area (Å²) < 4.78 is 48.4. The first-order valence-corrected chi connectivity index (χ1v) is 10.4. The zero-order chi connectivity index (χ0) is 23.3. The van der Waals surface area contributed by atoms with Crippen molar-refractivity contribution in [3.8, 4) is 0 Å². The predicted octanol–water partition coefficient (Wildman–Crippen LogP) is 3.78. The van der Waals surface area contributed by atoms with Crippen molar-refractivity contribution in [1.29, 1.82) is 0 Å². The molecule has 8 nitrogen and oxygen atoms in total. The maximum absolute atomic E-state index is 13.3. The number of anilines is 2. The van der Waals surface area contributed by atoms with Gasteiger partial charge in [-0.25, -0.2) is 9.50 Å². The minimum Gasteiger partial charge on any atom is -0.399 e. The van der Waals surface area contributed by atoms with E-state index in [1.165, 1.54) is 12.1 Å². The molecule has 0 aliphatic carbocycles. The van der Waals surface area contributed by atoms with Crippen molar-refractivity contribution >= 4 is 28.1 Å². The number of benzene rings is 1. The third-order valence-electron chi connectivity index (χ3n) is 5.85. The van der Waals surface area contributed by atoms with Gasteiger partial charge >= 0.3 is 6.18 Å². The fourth-order valence-electron chi connectivity index (χ4n) is 4.15. The second kappa shape index (κ2) is 7.77. The third kappa shape index (κ3) is 3.88. The van der Waals surface area contributed by atoms with Gasteiger partial charge in [0.15, 0.2) is 5.65 Å². The van der Waals surface area contributed by atoms with Crippen LogP contribution in [-0.4, -0.2) is 32.4 Å². The molecule has 1 fully saturated rings. The maximum Gasteiger partial charge on any atom is 0.416 e. The molecule has 0 saturated carbocycles. The van der Waals surface area contributed by atoms with E-state index in [4.69, 9.17) is 10.5 Å². The fourth-order valence-corrected chi connectivity index (χ4v) is 4.15. The molecule has 4 heterocycles. The molecule has 33 heavy (non-hydrogen) atoms. The van der Waals surface area contributed by atoms with Crippen LogP contribution in [0.3, 0.4) is 0 Å². The highest BCUT2D eigenvalue weighted by Gasteiger charge is 2.31. The zero-order valence-corrected chi connectivity index (χ0v) is 17.6. The Labute approximate surface area is 185 Å². The smallest absolute Gasteiger partial charge is 0.399 e. The molecule has 0 bridgehead atoms. The molecule has 4 aromatic rings. The minimum absolute atomic E-state index is 0.0209. The van der Waals surface area contributed by atoms with E-state index in [2.05, 4.69) is 15.4 Å². The van der Waals surface area contributed by atoms with Crippen molar-refractivity contribution in [2.75, 3.05) is 24.3 Å². The zero-order valence-electron chi connectivity index (χ0n) is 17.6. The van der Waals surface area contributed by atoms with E-state index in [9.17, 15) is 18.0 Å². The highest BCUT2D eigenvalue weighted by molar-refractivity contribution is 5.90. The van der Waals surface area contributed by atoms with Gasteiger partial charge in [-0.05, 0) is 37.1 Å². The number of pyridine rings is 1. The van der Waals surface area contributed by atoms with Crippen LogP contribution in [0.2, 0.25) is 0 Å². The molecule has 0 radical (unpaired) electrons. The monoisotopic (exact) mass is 458 g/mol. The molecule has 5 rings (SSSR count). The van der Waals surface area contributed by atoms with Gasteiger partial charge in [-0.3, -0.25) is 4.79 Å². The Kier molecular flexibility index (Phi) is 5.00. The standard InChI is InChI=1S/C22H21F3N6O2/c1-12(13-6-14(22(23,24)25)8-15(26)7-13)28-21-17-10-30(16-3-5-33-11-16)20(32)9-18(17)31-19(29-21)2-4-27-31/h2,4,6-10,12,16H,3,5,11,26H2,1H3,(H,28,29)/t12-,16+/m1/s1. The first kappa shape index (κ1) is 21.3.